The third-order valence-corrected chi connectivity index (χ3v) is 4.49. The molecule has 3 rings (SSSR count). The smallest absolute Gasteiger partial charge is 0.258 e. The van der Waals surface area contributed by atoms with Crippen molar-refractivity contribution < 1.29 is 14.3 Å². The zero-order valence-electron chi connectivity index (χ0n) is 16.5. The first-order chi connectivity index (χ1) is 12.8. The predicted molar refractivity (Wildman–Crippen MR) is 106 cm³/mol. The molecule has 5 nitrogen and oxygen atoms in total. The second kappa shape index (κ2) is 8.01. The number of rotatable bonds is 7. The van der Waals surface area contributed by atoms with Gasteiger partial charge in [0.2, 0.25) is 0 Å². The number of benzene rings is 2. The van der Waals surface area contributed by atoms with E-state index in [9.17, 15) is 4.79 Å². The number of carbonyl (C=O) groups excluding carboxylic acids is 1. The van der Waals surface area contributed by atoms with E-state index in [0.29, 0.717) is 12.3 Å². The molecule has 0 radical (unpaired) electrons. The molecule has 0 aliphatic carbocycles. The lowest BCUT2D eigenvalue weighted by Gasteiger charge is -2.18. The number of amides is 1. The first-order valence-corrected chi connectivity index (χ1v) is 9.26. The van der Waals surface area contributed by atoms with Gasteiger partial charge < -0.3 is 19.7 Å². The first kappa shape index (κ1) is 19.2. The molecule has 2 aromatic carbocycles. The summed E-state index contributed by atoms with van der Waals surface area (Å²) in [6.45, 7) is 5.40. The number of carbonyl (C=O) groups is 1. The van der Waals surface area contributed by atoms with Crippen LogP contribution in [0.25, 0.3) is 0 Å². The van der Waals surface area contributed by atoms with Gasteiger partial charge in [0.1, 0.15) is 5.60 Å². The highest BCUT2D eigenvalue weighted by Gasteiger charge is 2.32. The highest BCUT2D eigenvalue weighted by atomic mass is 16.5. The minimum absolute atomic E-state index is 0.0317. The Morgan fingerprint density at radius 3 is 2.63 bits per heavy atom. The van der Waals surface area contributed by atoms with Crippen LogP contribution in [0.2, 0.25) is 0 Å². The average Bonchev–Trinajstić information content (AvgIpc) is 2.93. The summed E-state index contributed by atoms with van der Waals surface area (Å²) in [7, 11) is 4.07. The lowest BCUT2D eigenvalue weighted by atomic mass is 10.0. The highest BCUT2D eigenvalue weighted by Crippen LogP contribution is 2.41. The van der Waals surface area contributed by atoms with Crippen molar-refractivity contribution in [2.75, 3.05) is 20.7 Å². The van der Waals surface area contributed by atoms with Crippen LogP contribution < -0.4 is 14.8 Å². The molecule has 0 aromatic heterocycles. The van der Waals surface area contributed by atoms with Crippen molar-refractivity contribution in [3.63, 3.8) is 0 Å². The van der Waals surface area contributed by atoms with Crippen LogP contribution in [-0.4, -0.2) is 37.1 Å². The summed E-state index contributed by atoms with van der Waals surface area (Å²) >= 11 is 0. The lowest BCUT2D eigenvalue weighted by molar-refractivity contribution is -0.123. The molecule has 0 spiro atoms. The topological polar surface area (TPSA) is 50.8 Å². The zero-order chi connectivity index (χ0) is 19.4. The Balaban J connectivity index is 1.56. The molecule has 1 heterocycles. The fraction of sp³-hybridized carbons (Fsp3) is 0.409. The van der Waals surface area contributed by atoms with E-state index in [-0.39, 0.29) is 18.1 Å². The fourth-order valence-corrected chi connectivity index (χ4v) is 3.31. The molecular weight excluding hydrogens is 340 g/mol. The van der Waals surface area contributed by atoms with E-state index in [4.69, 9.17) is 9.47 Å². The Bertz CT molecular complexity index is 815. The predicted octanol–water partition coefficient (Wildman–Crippen LogP) is 3.16. The van der Waals surface area contributed by atoms with Crippen molar-refractivity contribution in [2.24, 2.45) is 0 Å². The van der Waals surface area contributed by atoms with Crippen LogP contribution in [-0.2, 0) is 24.3 Å². The van der Waals surface area contributed by atoms with Crippen molar-refractivity contribution in [2.45, 2.75) is 39.0 Å². The summed E-state index contributed by atoms with van der Waals surface area (Å²) < 4.78 is 11.7. The Morgan fingerprint density at radius 2 is 1.89 bits per heavy atom. The minimum atomic E-state index is -0.236. The largest absolute Gasteiger partial charge is 0.483 e. The summed E-state index contributed by atoms with van der Waals surface area (Å²) in [5, 5.41) is 2.94. The van der Waals surface area contributed by atoms with Gasteiger partial charge in [0.25, 0.3) is 5.91 Å². The van der Waals surface area contributed by atoms with Crippen LogP contribution in [0.5, 0.6) is 11.5 Å². The van der Waals surface area contributed by atoms with Crippen LogP contribution in [0.15, 0.2) is 42.5 Å². The number of hydrogen-bond donors (Lipinski definition) is 1. The number of nitrogens with one attached hydrogen (secondary N) is 1. The SMILES string of the molecule is CN(C)Cc1ccccc1CNC(=O)COc1cccc2c1OC(C)(C)C2. The van der Waals surface area contributed by atoms with E-state index >= 15 is 0 Å². The Labute approximate surface area is 161 Å². The summed E-state index contributed by atoms with van der Waals surface area (Å²) in [5.41, 5.74) is 3.21. The molecule has 0 saturated carbocycles. The van der Waals surface area contributed by atoms with E-state index in [1.54, 1.807) is 0 Å². The maximum atomic E-state index is 12.3. The molecule has 5 heteroatoms. The molecular formula is C22H28N2O3. The van der Waals surface area contributed by atoms with Crippen molar-refractivity contribution in [3.05, 3.63) is 59.2 Å². The summed E-state index contributed by atoms with van der Waals surface area (Å²) in [6, 6.07) is 14.0. The molecule has 0 bridgehead atoms. The molecule has 1 amide bonds. The van der Waals surface area contributed by atoms with Gasteiger partial charge in [-0.15, -0.1) is 0 Å². The molecule has 0 saturated heterocycles. The van der Waals surface area contributed by atoms with E-state index in [2.05, 4.69) is 30.1 Å². The fourth-order valence-electron chi connectivity index (χ4n) is 3.31. The quantitative estimate of drug-likeness (QED) is 0.816. The molecule has 1 aliphatic heterocycles. The summed E-state index contributed by atoms with van der Waals surface area (Å²) in [5.74, 6) is 1.23. The Morgan fingerprint density at radius 1 is 1.15 bits per heavy atom. The monoisotopic (exact) mass is 368 g/mol. The molecule has 27 heavy (non-hydrogen) atoms. The van der Waals surface area contributed by atoms with Crippen molar-refractivity contribution in [1.82, 2.24) is 10.2 Å². The number of ether oxygens (including phenoxy) is 2. The van der Waals surface area contributed by atoms with Crippen molar-refractivity contribution >= 4 is 5.91 Å². The molecule has 144 valence electrons. The molecule has 1 aliphatic rings. The molecule has 0 unspecified atom stereocenters. The van der Waals surface area contributed by atoms with Crippen LogP contribution in [0, 0.1) is 0 Å². The van der Waals surface area contributed by atoms with Gasteiger partial charge in [0, 0.05) is 25.1 Å². The molecule has 0 atom stereocenters. The van der Waals surface area contributed by atoms with Gasteiger partial charge in [-0.05, 0) is 45.1 Å². The first-order valence-electron chi connectivity index (χ1n) is 9.26. The Kier molecular flexibility index (Phi) is 5.71. The second-order valence-corrected chi connectivity index (χ2v) is 7.85. The third kappa shape index (κ3) is 5.01. The summed E-state index contributed by atoms with van der Waals surface area (Å²) in [4.78, 5) is 14.4. The van der Waals surface area contributed by atoms with Crippen LogP contribution in [0.1, 0.15) is 30.5 Å². The normalized spacial score (nSPS) is 14.6. The maximum absolute atomic E-state index is 12.3. The minimum Gasteiger partial charge on any atom is -0.483 e. The van der Waals surface area contributed by atoms with Gasteiger partial charge in [-0.3, -0.25) is 4.79 Å². The maximum Gasteiger partial charge on any atom is 0.258 e. The summed E-state index contributed by atoms with van der Waals surface area (Å²) in [6.07, 6.45) is 0.842. The van der Waals surface area contributed by atoms with Gasteiger partial charge in [-0.25, -0.2) is 0 Å². The van der Waals surface area contributed by atoms with E-state index in [1.807, 2.05) is 50.5 Å². The number of hydrogen-bond acceptors (Lipinski definition) is 4. The average molecular weight is 368 g/mol. The van der Waals surface area contributed by atoms with Crippen LogP contribution in [0.3, 0.4) is 0 Å². The molecule has 2 aromatic rings. The van der Waals surface area contributed by atoms with Crippen LogP contribution >= 0.6 is 0 Å². The Hall–Kier alpha value is -2.53. The highest BCUT2D eigenvalue weighted by molar-refractivity contribution is 5.77. The van der Waals surface area contributed by atoms with E-state index < -0.39 is 0 Å². The van der Waals surface area contributed by atoms with Crippen LogP contribution in [0.4, 0.5) is 0 Å². The lowest BCUT2D eigenvalue weighted by Crippen LogP contribution is -2.29. The van der Waals surface area contributed by atoms with E-state index in [1.165, 1.54) is 5.56 Å². The molecule has 0 fully saturated rings. The number of para-hydroxylation sites is 1. The van der Waals surface area contributed by atoms with Crippen molar-refractivity contribution in [1.29, 1.82) is 0 Å². The van der Waals surface area contributed by atoms with Crippen molar-refractivity contribution in [3.8, 4) is 11.5 Å². The van der Waals surface area contributed by atoms with Gasteiger partial charge in [-0.1, -0.05) is 36.4 Å². The third-order valence-electron chi connectivity index (χ3n) is 4.49. The van der Waals surface area contributed by atoms with Gasteiger partial charge in [-0.2, -0.15) is 0 Å². The van der Waals surface area contributed by atoms with Gasteiger partial charge >= 0.3 is 0 Å². The molecule has 1 N–H and O–H groups in total. The second-order valence-electron chi connectivity index (χ2n) is 7.85. The zero-order valence-corrected chi connectivity index (χ0v) is 16.5. The standard InChI is InChI=1S/C22H28N2O3/c1-22(2)12-16-10-7-11-19(21(16)27-22)26-15-20(25)23-13-17-8-5-6-9-18(17)14-24(3)4/h5-11H,12-15H2,1-4H3,(H,23,25). The number of fused-ring (bicyclic) bond motifs is 1. The number of nitrogens with zero attached hydrogens (tertiary/aromatic N) is 1. The van der Waals surface area contributed by atoms with Gasteiger partial charge in [0.15, 0.2) is 18.1 Å². The van der Waals surface area contributed by atoms with Gasteiger partial charge in [0.05, 0.1) is 0 Å². The van der Waals surface area contributed by atoms with E-state index in [0.717, 1.165) is 29.8 Å².